The van der Waals surface area contributed by atoms with E-state index in [1.165, 1.54) is 12.8 Å². The van der Waals surface area contributed by atoms with Gasteiger partial charge in [-0.25, -0.2) is 9.97 Å². The highest BCUT2D eigenvalue weighted by atomic mass is 16.5. The highest BCUT2D eigenvalue weighted by Crippen LogP contribution is 2.38. The van der Waals surface area contributed by atoms with Crippen molar-refractivity contribution in [2.24, 2.45) is 0 Å². The molecule has 1 saturated heterocycles. The SMILES string of the molecule is Nc1cc(NC2CCOCC2)nc(C2CC2)n1. The van der Waals surface area contributed by atoms with Crippen LogP contribution < -0.4 is 11.1 Å². The molecule has 2 aliphatic rings. The molecule has 1 aliphatic heterocycles. The fraction of sp³-hybridized carbons (Fsp3) is 0.667. The van der Waals surface area contributed by atoms with E-state index in [-0.39, 0.29) is 0 Å². The van der Waals surface area contributed by atoms with Gasteiger partial charge in [-0.1, -0.05) is 0 Å². The Hall–Kier alpha value is -1.36. The average molecular weight is 234 g/mol. The van der Waals surface area contributed by atoms with Crippen LogP contribution in [0.5, 0.6) is 0 Å². The molecule has 0 radical (unpaired) electrons. The van der Waals surface area contributed by atoms with Gasteiger partial charge < -0.3 is 15.8 Å². The van der Waals surface area contributed by atoms with Gasteiger partial charge in [0.25, 0.3) is 0 Å². The molecule has 0 amide bonds. The Bertz CT molecular complexity index is 399. The van der Waals surface area contributed by atoms with Gasteiger partial charge >= 0.3 is 0 Å². The van der Waals surface area contributed by atoms with Crippen LogP contribution in [-0.2, 0) is 4.74 Å². The Morgan fingerprint density at radius 2 is 1.94 bits per heavy atom. The molecule has 1 aromatic heterocycles. The maximum Gasteiger partial charge on any atom is 0.136 e. The summed E-state index contributed by atoms with van der Waals surface area (Å²) in [5.41, 5.74) is 5.81. The van der Waals surface area contributed by atoms with Crippen LogP contribution in [0.25, 0.3) is 0 Å². The van der Waals surface area contributed by atoms with E-state index in [2.05, 4.69) is 15.3 Å². The second-order valence-electron chi connectivity index (χ2n) is 4.84. The van der Waals surface area contributed by atoms with Crippen molar-refractivity contribution < 1.29 is 4.74 Å². The lowest BCUT2D eigenvalue weighted by molar-refractivity contribution is 0.0904. The number of hydrogen-bond acceptors (Lipinski definition) is 5. The topological polar surface area (TPSA) is 73.1 Å². The molecular weight excluding hydrogens is 216 g/mol. The van der Waals surface area contributed by atoms with Gasteiger partial charge in [-0.3, -0.25) is 0 Å². The molecular formula is C12H18N4O. The smallest absolute Gasteiger partial charge is 0.136 e. The first-order valence-corrected chi connectivity index (χ1v) is 6.30. The third-order valence-corrected chi connectivity index (χ3v) is 3.28. The van der Waals surface area contributed by atoms with Crippen LogP contribution >= 0.6 is 0 Å². The van der Waals surface area contributed by atoms with Gasteiger partial charge in [0, 0.05) is 31.2 Å². The quantitative estimate of drug-likeness (QED) is 0.829. The molecule has 0 spiro atoms. The summed E-state index contributed by atoms with van der Waals surface area (Å²) in [5, 5.41) is 3.43. The number of aromatic nitrogens is 2. The molecule has 92 valence electrons. The highest BCUT2D eigenvalue weighted by Gasteiger charge is 2.27. The van der Waals surface area contributed by atoms with Crippen molar-refractivity contribution in [1.29, 1.82) is 0 Å². The zero-order chi connectivity index (χ0) is 11.7. The van der Waals surface area contributed by atoms with Crippen LogP contribution in [0, 0.1) is 0 Å². The summed E-state index contributed by atoms with van der Waals surface area (Å²) in [6.07, 6.45) is 4.45. The molecule has 2 fully saturated rings. The third-order valence-electron chi connectivity index (χ3n) is 3.28. The minimum Gasteiger partial charge on any atom is -0.384 e. The number of nitrogens with one attached hydrogen (secondary N) is 1. The summed E-state index contributed by atoms with van der Waals surface area (Å²) in [6.45, 7) is 1.65. The fourth-order valence-corrected chi connectivity index (χ4v) is 2.13. The van der Waals surface area contributed by atoms with E-state index in [0.29, 0.717) is 17.8 Å². The second-order valence-corrected chi connectivity index (χ2v) is 4.84. The van der Waals surface area contributed by atoms with Gasteiger partial charge in [0.2, 0.25) is 0 Å². The number of nitrogens with two attached hydrogens (primary N) is 1. The molecule has 0 atom stereocenters. The number of nitrogens with zero attached hydrogens (tertiary/aromatic N) is 2. The number of hydrogen-bond donors (Lipinski definition) is 2. The van der Waals surface area contributed by atoms with Crippen molar-refractivity contribution >= 4 is 11.6 Å². The summed E-state index contributed by atoms with van der Waals surface area (Å²) < 4.78 is 5.34. The zero-order valence-electron chi connectivity index (χ0n) is 9.85. The summed E-state index contributed by atoms with van der Waals surface area (Å²) >= 11 is 0. The first-order valence-electron chi connectivity index (χ1n) is 6.30. The molecule has 5 nitrogen and oxygen atoms in total. The number of nitrogen functional groups attached to an aromatic ring is 1. The van der Waals surface area contributed by atoms with Crippen molar-refractivity contribution in [2.75, 3.05) is 24.3 Å². The van der Waals surface area contributed by atoms with E-state index in [4.69, 9.17) is 10.5 Å². The molecule has 1 aliphatic carbocycles. The van der Waals surface area contributed by atoms with Crippen molar-refractivity contribution in [3.8, 4) is 0 Å². The van der Waals surface area contributed by atoms with Crippen molar-refractivity contribution in [2.45, 2.75) is 37.6 Å². The van der Waals surface area contributed by atoms with Gasteiger partial charge in [0.1, 0.15) is 17.5 Å². The lowest BCUT2D eigenvalue weighted by Crippen LogP contribution is -2.28. The molecule has 0 bridgehead atoms. The highest BCUT2D eigenvalue weighted by molar-refractivity contribution is 5.46. The Labute approximate surface area is 101 Å². The molecule has 0 unspecified atom stereocenters. The van der Waals surface area contributed by atoms with Crippen molar-refractivity contribution in [3.63, 3.8) is 0 Å². The normalized spacial score (nSPS) is 21.4. The Kier molecular flexibility index (Phi) is 2.84. The van der Waals surface area contributed by atoms with Crippen LogP contribution in [0.3, 0.4) is 0 Å². The van der Waals surface area contributed by atoms with Crippen LogP contribution in [0.15, 0.2) is 6.07 Å². The van der Waals surface area contributed by atoms with Crippen LogP contribution in [0.1, 0.15) is 37.4 Å². The predicted octanol–water partition coefficient (Wildman–Crippen LogP) is 1.53. The lowest BCUT2D eigenvalue weighted by Gasteiger charge is -2.23. The molecule has 3 rings (SSSR count). The molecule has 2 heterocycles. The number of anilines is 2. The van der Waals surface area contributed by atoms with E-state index in [0.717, 1.165) is 37.7 Å². The van der Waals surface area contributed by atoms with Crippen LogP contribution in [0.4, 0.5) is 11.6 Å². The summed E-state index contributed by atoms with van der Waals surface area (Å²) in [7, 11) is 0. The molecule has 3 N–H and O–H groups in total. The molecule has 1 aromatic rings. The van der Waals surface area contributed by atoms with E-state index in [1.54, 1.807) is 0 Å². The maximum atomic E-state index is 5.81. The zero-order valence-corrected chi connectivity index (χ0v) is 9.85. The van der Waals surface area contributed by atoms with Crippen molar-refractivity contribution in [1.82, 2.24) is 9.97 Å². The van der Waals surface area contributed by atoms with E-state index in [9.17, 15) is 0 Å². The summed E-state index contributed by atoms with van der Waals surface area (Å²) in [4.78, 5) is 8.84. The van der Waals surface area contributed by atoms with E-state index >= 15 is 0 Å². The Morgan fingerprint density at radius 3 is 2.65 bits per heavy atom. The number of ether oxygens (including phenoxy) is 1. The Morgan fingerprint density at radius 1 is 1.18 bits per heavy atom. The molecule has 1 saturated carbocycles. The predicted molar refractivity (Wildman–Crippen MR) is 65.9 cm³/mol. The van der Waals surface area contributed by atoms with Gasteiger partial charge in [-0.2, -0.15) is 0 Å². The summed E-state index contributed by atoms with van der Waals surface area (Å²) in [5.74, 6) is 2.87. The fourth-order valence-electron chi connectivity index (χ4n) is 2.13. The Balaban J connectivity index is 1.72. The summed E-state index contributed by atoms with van der Waals surface area (Å²) in [6, 6.07) is 2.27. The van der Waals surface area contributed by atoms with Gasteiger partial charge in [-0.05, 0) is 25.7 Å². The number of rotatable bonds is 3. The van der Waals surface area contributed by atoms with E-state index < -0.39 is 0 Å². The van der Waals surface area contributed by atoms with E-state index in [1.807, 2.05) is 6.07 Å². The van der Waals surface area contributed by atoms with Gasteiger partial charge in [0.15, 0.2) is 0 Å². The van der Waals surface area contributed by atoms with Crippen LogP contribution in [0.2, 0.25) is 0 Å². The molecule has 5 heteroatoms. The maximum absolute atomic E-state index is 5.81. The van der Waals surface area contributed by atoms with Gasteiger partial charge in [0.05, 0.1) is 0 Å². The second kappa shape index (κ2) is 4.49. The monoisotopic (exact) mass is 234 g/mol. The minimum absolute atomic E-state index is 0.449. The standard InChI is InChI=1S/C12H18N4O/c13-10-7-11(14-9-3-5-17-6-4-9)16-12(15-10)8-1-2-8/h7-9H,1-6H2,(H3,13,14,15,16). The van der Waals surface area contributed by atoms with Gasteiger partial charge in [-0.15, -0.1) is 0 Å². The minimum atomic E-state index is 0.449. The largest absolute Gasteiger partial charge is 0.384 e. The molecule has 17 heavy (non-hydrogen) atoms. The first kappa shape index (κ1) is 10.8. The first-order chi connectivity index (χ1) is 8.31. The third kappa shape index (κ3) is 2.66. The van der Waals surface area contributed by atoms with Crippen molar-refractivity contribution in [3.05, 3.63) is 11.9 Å². The average Bonchev–Trinajstić information content (AvgIpc) is 3.13. The molecule has 0 aromatic carbocycles. The lowest BCUT2D eigenvalue weighted by atomic mass is 10.1. The van der Waals surface area contributed by atoms with Crippen LogP contribution in [-0.4, -0.2) is 29.2 Å².